The van der Waals surface area contributed by atoms with Gasteiger partial charge in [0.25, 0.3) is 0 Å². The van der Waals surface area contributed by atoms with E-state index < -0.39 is 5.97 Å². The largest absolute Gasteiger partial charge is 0.451 e. The molecular formula is C19H19NO4. The number of esters is 1. The minimum atomic E-state index is -0.623. The lowest BCUT2D eigenvalue weighted by molar-refractivity contribution is 0.0445. The summed E-state index contributed by atoms with van der Waals surface area (Å²) < 4.78 is 12.7. The van der Waals surface area contributed by atoms with E-state index in [1.165, 1.54) is 0 Å². The monoisotopic (exact) mass is 325 g/mol. The first-order valence-electron chi connectivity index (χ1n) is 7.71. The van der Waals surface area contributed by atoms with Gasteiger partial charge in [-0.25, -0.2) is 4.79 Å². The third-order valence-corrected chi connectivity index (χ3v) is 4.44. The van der Waals surface area contributed by atoms with Crippen molar-refractivity contribution in [3.05, 3.63) is 58.6 Å². The van der Waals surface area contributed by atoms with Gasteiger partial charge in [0.1, 0.15) is 5.58 Å². The van der Waals surface area contributed by atoms with Gasteiger partial charge in [0, 0.05) is 34.9 Å². The molecule has 1 aromatic carbocycles. The summed E-state index contributed by atoms with van der Waals surface area (Å²) >= 11 is 0. The Morgan fingerprint density at radius 3 is 2.50 bits per heavy atom. The molecule has 124 valence electrons. The van der Waals surface area contributed by atoms with Crippen molar-refractivity contribution in [1.29, 1.82) is 0 Å². The van der Waals surface area contributed by atoms with Crippen LogP contribution in [0.1, 0.15) is 37.9 Å². The molecule has 0 saturated carbocycles. The summed E-state index contributed by atoms with van der Waals surface area (Å²) in [6.45, 7) is 5.29. The molecule has 0 amide bonds. The fraction of sp³-hybridized carbons (Fsp3) is 0.263. The third-order valence-electron chi connectivity index (χ3n) is 4.44. The number of carbonyl (C=O) groups is 2. The number of hydrogen-bond acceptors (Lipinski definition) is 4. The van der Waals surface area contributed by atoms with E-state index in [9.17, 15) is 9.59 Å². The molecule has 0 radical (unpaired) electrons. The number of carbonyl (C=O) groups excluding carboxylic acids is 2. The van der Waals surface area contributed by atoms with Crippen LogP contribution in [0, 0.1) is 20.8 Å². The van der Waals surface area contributed by atoms with E-state index >= 15 is 0 Å². The highest BCUT2D eigenvalue weighted by Crippen LogP contribution is 2.25. The zero-order valence-corrected chi connectivity index (χ0v) is 14.2. The van der Waals surface area contributed by atoms with Crippen molar-refractivity contribution in [2.45, 2.75) is 20.8 Å². The van der Waals surface area contributed by atoms with E-state index in [0.717, 1.165) is 22.3 Å². The molecule has 0 spiro atoms. The minimum Gasteiger partial charge on any atom is -0.451 e. The van der Waals surface area contributed by atoms with E-state index in [1.54, 1.807) is 19.1 Å². The van der Waals surface area contributed by atoms with Crippen LogP contribution in [0.3, 0.4) is 0 Å². The van der Waals surface area contributed by atoms with Crippen LogP contribution in [0.15, 0.2) is 34.7 Å². The SMILES string of the molecule is Cc1c(C(=O)OCC(=O)c2cc(C)n(C)c2C)oc2ccccc12. The normalized spacial score (nSPS) is 11.0. The second kappa shape index (κ2) is 6.00. The van der Waals surface area contributed by atoms with E-state index in [2.05, 4.69) is 0 Å². The summed E-state index contributed by atoms with van der Waals surface area (Å²) in [4.78, 5) is 24.6. The van der Waals surface area contributed by atoms with Gasteiger partial charge in [0.15, 0.2) is 6.61 Å². The number of fused-ring (bicyclic) bond motifs is 1. The van der Waals surface area contributed by atoms with Gasteiger partial charge < -0.3 is 13.7 Å². The van der Waals surface area contributed by atoms with Crippen LogP contribution in [-0.2, 0) is 11.8 Å². The molecule has 0 unspecified atom stereocenters. The molecule has 5 nitrogen and oxygen atoms in total. The maximum absolute atomic E-state index is 12.3. The molecule has 0 saturated heterocycles. The highest BCUT2D eigenvalue weighted by Gasteiger charge is 2.21. The molecule has 0 atom stereocenters. The molecule has 2 heterocycles. The smallest absolute Gasteiger partial charge is 0.375 e. The lowest BCUT2D eigenvalue weighted by Crippen LogP contribution is -2.15. The number of aryl methyl sites for hydroxylation is 2. The highest BCUT2D eigenvalue weighted by atomic mass is 16.5. The third kappa shape index (κ3) is 2.62. The Hall–Kier alpha value is -2.82. The van der Waals surface area contributed by atoms with Crippen LogP contribution in [0.25, 0.3) is 11.0 Å². The number of hydrogen-bond donors (Lipinski definition) is 0. The van der Waals surface area contributed by atoms with Crippen molar-refractivity contribution in [2.24, 2.45) is 7.05 Å². The van der Waals surface area contributed by atoms with Gasteiger partial charge in [0.05, 0.1) is 0 Å². The Bertz CT molecular complexity index is 946. The molecule has 24 heavy (non-hydrogen) atoms. The molecule has 0 aliphatic carbocycles. The second-order valence-electron chi connectivity index (χ2n) is 5.90. The predicted molar refractivity (Wildman–Crippen MR) is 90.5 cm³/mol. The van der Waals surface area contributed by atoms with Crippen molar-refractivity contribution in [3.63, 3.8) is 0 Å². The van der Waals surface area contributed by atoms with Gasteiger partial charge >= 0.3 is 5.97 Å². The number of furan rings is 1. The fourth-order valence-corrected chi connectivity index (χ4v) is 2.78. The molecule has 0 bridgehead atoms. The van der Waals surface area contributed by atoms with Gasteiger partial charge in [-0.1, -0.05) is 18.2 Å². The van der Waals surface area contributed by atoms with Crippen LogP contribution in [-0.4, -0.2) is 22.9 Å². The number of ether oxygens (including phenoxy) is 1. The summed E-state index contributed by atoms with van der Waals surface area (Å²) in [5.74, 6) is -0.703. The van der Waals surface area contributed by atoms with E-state index in [0.29, 0.717) is 11.1 Å². The Kier molecular flexibility index (Phi) is 4.01. The molecular weight excluding hydrogens is 306 g/mol. The van der Waals surface area contributed by atoms with Crippen molar-refractivity contribution < 1.29 is 18.7 Å². The minimum absolute atomic E-state index is 0.143. The van der Waals surface area contributed by atoms with Crippen LogP contribution >= 0.6 is 0 Å². The number of rotatable bonds is 4. The fourth-order valence-electron chi connectivity index (χ4n) is 2.78. The van der Waals surface area contributed by atoms with Crippen molar-refractivity contribution in [3.8, 4) is 0 Å². The summed E-state index contributed by atoms with van der Waals surface area (Å²) in [6.07, 6.45) is 0. The quantitative estimate of drug-likeness (QED) is 0.541. The molecule has 0 aliphatic heterocycles. The Balaban J connectivity index is 1.76. The van der Waals surface area contributed by atoms with Gasteiger partial charge in [-0.15, -0.1) is 0 Å². The van der Waals surface area contributed by atoms with Gasteiger partial charge in [-0.3, -0.25) is 4.79 Å². The summed E-state index contributed by atoms with van der Waals surface area (Å²) in [7, 11) is 1.89. The average Bonchev–Trinajstić information content (AvgIpc) is 3.05. The van der Waals surface area contributed by atoms with Gasteiger partial charge in [-0.05, 0) is 32.9 Å². The Labute approximate surface area is 139 Å². The molecule has 0 N–H and O–H groups in total. The van der Waals surface area contributed by atoms with Crippen molar-refractivity contribution >= 4 is 22.7 Å². The summed E-state index contributed by atoms with van der Waals surface area (Å²) in [5, 5.41) is 0.866. The molecule has 3 rings (SSSR count). The first-order valence-corrected chi connectivity index (χ1v) is 7.71. The number of ketones is 1. The highest BCUT2D eigenvalue weighted by molar-refractivity contribution is 6.01. The number of nitrogens with zero attached hydrogens (tertiary/aromatic N) is 1. The molecule has 0 fully saturated rings. The molecule has 0 aliphatic rings. The number of Topliss-reactive ketones (excluding diaryl/α,β-unsaturated/α-hetero) is 1. The molecule has 2 aromatic heterocycles. The number of para-hydroxylation sites is 1. The summed E-state index contributed by atoms with van der Waals surface area (Å²) in [6, 6.07) is 9.19. The second-order valence-corrected chi connectivity index (χ2v) is 5.90. The lowest BCUT2D eigenvalue weighted by atomic mass is 10.1. The summed E-state index contributed by atoms with van der Waals surface area (Å²) in [5.41, 5.74) is 3.76. The van der Waals surface area contributed by atoms with Gasteiger partial charge in [0.2, 0.25) is 11.5 Å². The van der Waals surface area contributed by atoms with Crippen LogP contribution in [0.2, 0.25) is 0 Å². The molecule has 5 heteroatoms. The van der Waals surface area contributed by atoms with Crippen LogP contribution in [0.5, 0.6) is 0 Å². The predicted octanol–water partition coefficient (Wildman–Crippen LogP) is 3.74. The number of benzene rings is 1. The van der Waals surface area contributed by atoms with Crippen molar-refractivity contribution in [2.75, 3.05) is 6.61 Å². The lowest BCUT2D eigenvalue weighted by Gasteiger charge is -2.04. The number of aromatic nitrogens is 1. The topological polar surface area (TPSA) is 61.4 Å². The van der Waals surface area contributed by atoms with Gasteiger partial charge in [-0.2, -0.15) is 0 Å². The van der Waals surface area contributed by atoms with E-state index in [4.69, 9.17) is 9.15 Å². The maximum atomic E-state index is 12.3. The van der Waals surface area contributed by atoms with Crippen LogP contribution < -0.4 is 0 Å². The first-order chi connectivity index (χ1) is 11.4. The standard InChI is InChI=1S/C19H19NO4/c1-11-9-15(13(3)20(11)4)16(21)10-23-19(22)18-12(2)14-7-5-6-8-17(14)24-18/h5-9H,10H2,1-4H3. The molecule has 3 aromatic rings. The van der Waals surface area contributed by atoms with E-state index in [1.807, 2.05) is 43.7 Å². The first kappa shape index (κ1) is 16.1. The maximum Gasteiger partial charge on any atom is 0.375 e. The zero-order valence-electron chi connectivity index (χ0n) is 14.2. The Morgan fingerprint density at radius 2 is 1.88 bits per heavy atom. The van der Waals surface area contributed by atoms with E-state index in [-0.39, 0.29) is 18.2 Å². The zero-order chi connectivity index (χ0) is 17.4. The van der Waals surface area contributed by atoms with Crippen LogP contribution in [0.4, 0.5) is 0 Å². The average molecular weight is 325 g/mol. The Morgan fingerprint density at radius 1 is 1.17 bits per heavy atom. The van der Waals surface area contributed by atoms with Crippen molar-refractivity contribution in [1.82, 2.24) is 4.57 Å².